The van der Waals surface area contributed by atoms with E-state index in [0.717, 1.165) is 12.8 Å². The van der Waals surface area contributed by atoms with Crippen LogP contribution in [0.25, 0.3) is 0 Å². The molecule has 102 valence electrons. The molecule has 1 fully saturated rings. The van der Waals surface area contributed by atoms with Gasteiger partial charge >= 0.3 is 0 Å². The number of ether oxygens (including phenoxy) is 1. The van der Waals surface area contributed by atoms with Crippen LogP contribution < -0.4 is 21.5 Å². The minimum Gasteiger partial charge on any atom is -0.490 e. The number of hydrogen-bond acceptors (Lipinski definition) is 4. The van der Waals surface area contributed by atoms with E-state index in [1.54, 1.807) is 12.1 Å². The molecular weight excluding hydrogens is 246 g/mol. The average Bonchev–Trinajstić information content (AvgIpc) is 3.14. The van der Waals surface area contributed by atoms with Gasteiger partial charge in [0.1, 0.15) is 0 Å². The molecule has 5 N–H and O–H groups in total. The van der Waals surface area contributed by atoms with E-state index < -0.39 is 5.91 Å². The lowest BCUT2D eigenvalue weighted by atomic mass is 10.1. The number of primary amides is 1. The Morgan fingerprint density at radius 1 is 1.37 bits per heavy atom. The fourth-order valence-corrected chi connectivity index (χ4v) is 1.68. The van der Waals surface area contributed by atoms with Crippen molar-refractivity contribution in [3.8, 4) is 5.75 Å². The topological polar surface area (TPSA) is 107 Å². The maximum atomic E-state index is 11.5. The fourth-order valence-electron chi connectivity index (χ4n) is 1.68. The molecule has 0 aliphatic heterocycles. The van der Waals surface area contributed by atoms with Crippen LogP contribution in [0.15, 0.2) is 18.2 Å². The number of nitrogens with one attached hydrogen (secondary N) is 1. The molecule has 1 saturated carbocycles. The number of para-hydroxylation sites is 1. The van der Waals surface area contributed by atoms with E-state index in [2.05, 4.69) is 5.32 Å². The number of anilines is 1. The van der Waals surface area contributed by atoms with Gasteiger partial charge in [-0.15, -0.1) is 0 Å². The van der Waals surface area contributed by atoms with Crippen molar-refractivity contribution in [1.29, 1.82) is 0 Å². The van der Waals surface area contributed by atoms with Gasteiger partial charge in [-0.2, -0.15) is 0 Å². The van der Waals surface area contributed by atoms with Gasteiger partial charge in [-0.05, 0) is 25.0 Å². The smallest absolute Gasteiger partial charge is 0.252 e. The third-order valence-corrected chi connectivity index (χ3v) is 2.83. The molecule has 1 aromatic rings. The highest BCUT2D eigenvalue weighted by molar-refractivity contribution is 5.97. The predicted octanol–water partition coefficient (Wildman–Crippen LogP) is 0.415. The lowest BCUT2D eigenvalue weighted by Gasteiger charge is -2.11. The second-order valence-electron chi connectivity index (χ2n) is 4.53. The predicted molar refractivity (Wildman–Crippen MR) is 70.6 cm³/mol. The zero-order chi connectivity index (χ0) is 13.8. The summed E-state index contributed by atoms with van der Waals surface area (Å²) in [5.41, 5.74) is 11.5. The van der Waals surface area contributed by atoms with E-state index in [1.165, 1.54) is 6.07 Å². The molecule has 0 atom stereocenters. The first-order valence-corrected chi connectivity index (χ1v) is 6.18. The van der Waals surface area contributed by atoms with Crippen LogP contribution >= 0.6 is 0 Å². The molecule has 0 unspecified atom stereocenters. The summed E-state index contributed by atoms with van der Waals surface area (Å²) in [4.78, 5) is 22.7. The fraction of sp³-hybridized carbons (Fsp3) is 0.385. The van der Waals surface area contributed by atoms with Crippen molar-refractivity contribution in [2.75, 3.05) is 12.3 Å². The highest BCUT2D eigenvalue weighted by Gasteiger charge is 2.23. The molecule has 19 heavy (non-hydrogen) atoms. The summed E-state index contributed by atoms with van der Waals surface area (Å²) >= 11 is 0. The maximum Gasteiger partial charge on any atom is 0.252 e. The minimum absolute atomic E-state index is 0.0578. The number of amides is 2. The second kappa shape index (κ2) is 5.60. The molecule has 6 nitrogen and oxygen atoms in total. The lowest BCUT2D eigenvalue weighted by Crippen LogP contribution is -2.27. The normalized spacial score (nSPS) is 13.9. The lowest BCUT2D eigenvalue weighted by molar-refractivity contribution is -0.121. The highest BCUT2D eigenvalue weighted by Crippen LogP contribution is 2.26. The molecule has 0 heterocycles. The number of rotatable bonds is 6. The van der Waals surface area contributed by atoms with Gasteiger partial charge in [-0.3, -0.25) is 9.59 Å². The van der Waals surface area contributed by atoms with Gasteiger partial charge in [0.05, 0.1) is 24.3 Å². The van der Waals surface area contributed by atoms with Gasteiger partial charge in [0.25, 0.3) is 5.91 Å². The number of nitrogens with two attached hydrogens (primary N) is 2. The van der Waals surface area contributed by atoms with Gasteiger partial charge in [-0.25, -0.2) is 0 Å². The first-order chi connectivity index (χ1) is 9.08. The first kappa shape index (κ1) is 13.2. The van der Waals surface area contributed by atoms with Crippen LogP contribution in [-0.2, 0) is 4.79 Å². The Morgan fingerprint density at radius 2 is 2.11 bits per heavy atom. The van der Waals surface area contributed by atoms with E-state index >= 15 is 0 Å². The van der Waals surface area contributed by atoms with Gasteiger partial charge in [0.15, 0.2) is 5.75 Å². The van der Waals surface area contributed by atoms with Crippen molar-refractivity contribution < 1.29 is 14.3 Å². The van der Waals surface area contributed by atoms with Crippen molar-refractivity contribution in [2.45, 2.75) is 25.3 Å². The van der Waals surface area contributed by atoms with Crippen LogP contribution in [0.1, 0.15) is 29.6 Å². The minimum atomic E-state index is -0.607. The van der Waals surface area contributed by atoms with E-state index in [4.69, 9.17) is 16.2 Å². The Bertz CT molecular complexity index is 498. The van der Waals surface area contributed by atoms with E-state index in [9.17, 15) is 9.59 Å². The molecule has 0 saturated heterocycles. The quantitative estimate of drug-likeness (QED) is 0.646. The zero-order valence-corrected chi connectivity index (χ0v) is 10.5. The Labute approximate surface area is 111 Å². The first-order valence-electron chi connectivity index (χ1n) is 6.18. The van der Waals surface area contributed by atoms with Crippen LogP contribution in [0, 0.1) is 0 Å². The summed E-state index contributed by atoms with van der Waals surface area (Å²) in [6, 6.07) is 5.11. The molecule has 1 aliphatic rings. The number of carbonyl (C=O) groups is 2. The second-order valence-corrected chi connectivity index (χ2v) is 4.53. The number of hydrogen-bond donors (Lipinski definition) is 3. The number of nitrogen functional groups attached to an aromatic ring is 1. The van der Waals surface area contributed by atoms with E-state index in [-0.39, 0.29) is 30.2 Å². The van der Waals surface area contributed by atoms with Crippen molar-refractivity contribution in [3.05, 3.63) is 23.8 Å². The van der Waals surface area contributed by atoms with Gasteiger partial charge in [0.2, 0.25) is 5.91 Å². The molecule has 2 rings (SSSR count). The molecule has 0 aromatic heterocycles. The largest absolute Gasteiger partial charge is 0.490 e. The highest BCUT2D eigenvalue weighted by atomic mass is 16.5. The Morgan fingerprint density at radius 3 is 2.74 bits per heavy atom. The van der Waals surface area contributed by atoms with Crippen molar-refractivity contribution >= 4 is 17.5 Å². The molecule has 0 bridgehead atoms. The van der Waals surface area contributed by atoms with Crippen LogP contribution in [0.2, 0.25) is 0 Å². The summed E-state index contributed by atoms with van der Waals surface area (Å²) in [6.07, 6.45) is 2.32. The van der Waals surface area contributed by atoms with Crippen molar-refractivity contribution in [3.63, 3.8) is 0 Å². The number of carbonyl (C=O) groups excluding carboxylic acids is 2. The molecule has 1 aromatic carbocycles. The number of benzene rings is 1. The third-order valence-electron chi connectivity index (χ3n) is 2.83. The maximum absolute atomic E-state index is 11.5. The van der Waals surface area contributed by atoms with Crippen LogP contribution in [-0.4, -0.2) is 24.5 Å². The summed E-state index contributed by atoms with van der Waals surface area (Å²) in [7, 11) is 0. The van der Waals surface area contributed by atoms with Gasteiger partial charge in [-0.1, -0.05) is 6.07 Å². The van der Waals surface area contributed by atoms with Crippen LogP contribution in [0.4, 0.5) is 5.69 Å². The van der Waals surface area contributed by atoms with Gasteiger partial charge < -0.3 is 21.5 Å². The summed E-state index contributed by atoms with van der Waals surface area (Å²) in [5, 5.41) is 2.85. The molecule has 0 radical (unpaired) electrons. The van der Waals surface area contributed by atoms with Crippen LogP contribution in [0.5, 0.6) is 5.75 Å². The zero-order valence-electron chi connectivity index (χ0n) is 10.5. The monoisotopic (exact) mass is 263 g/mol. The molecule has 2 amide bonds. The van der Waals surface area contributed by atoms with Crippen molar-refractivity contribution in [1.82, 2.24) is 5.32 Å². The molecule has 0 spiro atoms. The average molecular weight is 263 g/mol. The van der Waals surface area contributed by atoms with E-state index in [0.29, 0.717) is 11.7 Å². The van der Waals surface area contributed by atoms with E-state index in [1.807, 2.05) is 0 Å². The molecule has 6 heteroatoms. The third kappa shape index (κ3) is 3.61. The van der Waals surface area contributed by atoms with Crippen molar-refractivity contribution in [2.24, 2.45) is 5.73 Å². The van der Waals surface area contributed by atoms with Gasteiger partial charge in [0, 0.05) is 6.04 Å². The SMILES string of the molecule is NC(=O)c1cccc(N)c1OCCC(=O)NC1CC1. The molecular formula is C13H17N3O3. The summed E-state index contributed by atoms with van der Waals surface area (Å²) in [6.45, 7) is 0.160. The standard InChI is InChI=1S/C13H17N3O3/c14-10-3-1-2-9(13(15)18)12(10)19-7-6-11(17)16-8-4-5-8/h1-3,8H,4-7,14H2,(H2,15,18)(H,16,17). The Balaban J connectivity index is 1.91. The summed E-state index contributed by atoms with van der Waals surface area (Å²) in [5.74, 6) is -0.420. The Kier molecular flexibility index (Phi) is 3.89. The van der Waals surface area contributed by atoms with Crippen LogP contribution in [0.3, 0.4) is 0 Å². The molecule has 1 aliphatic carbocycles. The Hall–Kier alpha value is -2.24. The summed E-state index contributed by atoms with van der Waals surface area (Å²) < 4.78 is 5.42.